The number of hydrogen-bond acceptors (Lipinski definition) is 6. The molecule has 0 radical (unpaired) electrons. The lowest BCUT2D eigenvalue weighted by Crippen LogP contribution is -2.39. The fourth-order valence-electron chi connectivity index (χ4n) is 2.68. The van der Waals surface area contributed by atoms with Crippen LogP contribution in [-0.4, -0.2) is 40.3 Å². The van der Waals surface area contributed by atoms with E-state index < -0.39 is 5.97 Å². The van der Waals surface area contributed by atoms with Crippen LogP contribution in [0.2, 0.25) is 0 Å². The van der Waals surface area contributed by atoms with Crippen molar-refractivity contribution in [3.63, 3.8) is 0 Å². The molecule has 3 rings (SSSR count). The van der Waals surface area contributed by atoms with Gasteiger partial charge in [-0.15, -0.1) is 0 Å². The van der Waals surface area contributed by atoms with Crippen LogP contribution in [0.4, 0.5) is 11.8 Å². The molecule has 7 nitrogen and oxygen atoms in total. The molecule has 1 atom stereocenters. The summed E-state index contributed by atoms with van der Waals surface area (Å²) in [6, 6.07) is 2.04. The number of nitrogens with zero attached hydrogens (tertiary/aromatic N) is 2. The van der Waals surface area contributed by atoms with Crippen LogP contribution < -0.4 is 11.1 Å². The number of carboxylic acids is 1. The van der Waals surface area contributed by atoms with E-state index in [1.165, 1.54) is 0 Å². The Labute approximate surface area is 116 Å². The first-order chi connectivity index (χ1) is 9.61. The minimum atomic E-state index is -0.728. The second kappa shape index (κ2) is 5.24. The molecule has 0 aromatic carbocycles. The zero-order valence-corrected chi connectivity index (χ0v) is 11.1. The average molecular weight is 278 g/mol. The Morgan fingerprint density at radius 3 is 2.90 bits per heavy atom. The quantitative estimate of drug-likeness (QED) is 0.748. The van der Waals surface area contributed by atoms with E-state index in [0.29, 0.717) is 25.3 Å². The Morgan fingerprint density at radius 1 is 1.45 bits per heavy atom. The number of rotatable bonds is 4. The average Bonchev–Trinajstić information content (AvgIpc) is 2.85. The van der Waals surface area contributed by atoms with Gasteiger partial charge >= 0.3 is 5.97 Å². The van der Waals surface area contributed by atoms with Crippen molar-refractivity contribution in [1.29, 1.82) is 0 Å². The Balaban J connectivity index is 1.66. The molecule has 1 saturated heterocycles. The van der Waals surface area contributed by atoms with Gasteiger partial charge in [-0.3, -0.25) is 4.79 Å². The third-order valence-electron chi connectivity index (χ3n) is 3.95. The molecule has 1 aliphatic heterocycles. The van der Waals surface area contributed by atoms with Crippen LogP contribution in [-0.2, 0) is 9.53 Å². The summed E-state index contributed by atoms with van der Waals surface area (Å²) in [5.74, 6) is 0.219. The molecule has 2 fully saturated rings. The van der Waals surface area contributed by atoms with Crippen LogP contribution in [0.25, 0.3) is 0 Å². The topological polar surface area (TPSA) is 110 Å². The van der Waals surface area contributed by atoms with E-state index in [9.17, 15) is 4.79 Å². The van der Waals surface area contributed by atoms with Crippen LogP contribution in [0.1, 0.15) is 30.9 Å². The number of carboxylic acid groups (broad SMARTS) is 1. The SMILES string of the molecule is Nc1nc(NC2CC(C(=O)O)C2)cc(C2CCOC2)n1. The predicted molar refractivity (Wildman–Crippen MR) is 72.4 cm³/mol. The maximum Gasteiger partial charge on any atom is 0.306 e. The molecule has 0 bridgehead atoms. The molecular formula is C13H18N4O3. The highest BCUT2D eigenvalue weighted by Gasteiger charge is 2.34. The molecule has 1 unspecified atom stereocenters. The van der Waals surface area contributed by atoms with Gasteiger partial charge in [0.05, 0.1) is 18.2 Å². The van der Waals surface area contributed by atoms with E-state index in [-0.39, 0.29) is 23.8 Å². The van der Waals surface area contributed by atoms with E-state index in [2.05, 4.69) is 15.3 Å². The first kappa shape index (κ1) is 13.1. The number of ether oxygens (including phenoxy) is 1. The Hall–Kier alpha value is -1.89. The van der Waals surface area contributed by atoms with Crippen LogP contribution >= 0.6 is 0 Å². The number of aromatic nitrogens is 2. The molecule has 1 aromatic heterocycles. The lowest BCUT2D eigenvalue weighted by atomic mass is 9.80. The molecular weight excluding hydrogens is 260 g/mol. The minimum absolute atomic E-state index is 0.151. The maximum absolute atomic E-state index is 10.8. The highest BCUT2D eigenvalue weighted by molar-refractivity contribution is 5.71. The van der Waals surface area contributed by atoms with E-state index in [4.69, 9.17) is 15.6 Å². The Morgan fingerprint density at radius 2 is 2.25 bits per heavy atom. The number of nitrogens with one attached hydrogen (secondary N) is 1. The summed E-state index contributed by atoms with van der Waals surface area (Å²) >= 11 is 0. The van der Waals surface area contributed by atoms with Crippen molar-refractivity contribution >= 4 is 17.7 Å². The van der Waals surface area contributed by atoms with Gasteiger partial charge in [-0.2, -0.15) is 4.98 Å². The fraction of sp³-hybridized carbons (Fsp3) is 0.615. The summed E-state index contributed by atoms with van der Waals surface area (Å²) in [6.45, 7) is 1.42. The Bertz CT molecular complexity index is 510. The first-order valence-electron chi connectivity index (χ1n) is 6.83. The zero-order chi connectivity index (χ0) is 14.1. The fourth-order valence-corrected chi connectivity index (χ4v) is 2.68. The van der Waals surface area contributed by atoms with Gasteiger partial charge in [0, 0.05) is 24.6 Å². The molecule has 0 spiro atoms. The second-order valence-electron chi connectivity index (χ2n) is 5.44. The highest BCUT2D eigenvalue weighted by atomic mass is 16.5. The predicted octanol–water partition coefficient (Wildman–Crippen LogP) is 0.838. The maximum atomic E-state index is 10.8. The van der Waals surface area contributed by atoms with Gasteiger partial charge in [-0.05, 0) is 19.3 Å². The Kier molecular flexibility index (Phi) is 3.43. The van der Waals surface area contributed by atoms with Crippen molar-refractivity contribution in [3.05, 3.63) is 11.8 Å². The molecule has 2 aliphatic rings. The highest BCUT2D eigenvalue weighted by Crippen LogP contribution is 2.31. The summed E-state index contributed by atoms with van der Waals surface area (Å²) < 4.78 is 5.36. The van der Waals surface area contributed by atoms with E-state index >= 15 is 0 Å². The molecule has 108 valence electrons. The number of aliphatic carboxylic acids is 1. The van der Waals surface area contributed by atoms with Gasteiger partial charge in [0.2, 0.25) is 5.95 Å². The summed E-state index contributed by atoms with van der Waals surface area (Å²) in [4.78, 5) is 19.2. The number of nitrogen functional groups attached to an aromatic ring is 1. The van der Waals surface area contributed by atoms with Crippen molar-refractivity contribution in [2.75, 3.05) is 24.3 Å². The molecule has 1 saturated carbocycles. The molecule has 4 N–H and O–H groups in total. The van der Waals surface area contributed by atoms with E-state index in [1.807, 2.05) is 6.07 Å². The van der Waals surface area contributed by atoms with Crippen molar-refractivity contribution in [2.24, 2.45) is 5.92 Å². The zero-order valence-electron chi connectivity index (χ0n) is 11.1. The van der Waals surface area contributed by atoms with Crippen molar-refractivity contribution < 1.29 is 14.6 Å². The van der Waals surface area contributed by atoms with Gasteiger partial charge in [0.15, 0.2) is 0 Å². The molecule has 20 heavy (non-hydrogen) atoms. The smallest absolute Gasteiger partial charge is 0.306 e. The van der Waals surface area contributed by atoms with Gasteiger partial charge in [0.1, 0.15) is 5.82 Å². The molecule has 1 aliphatic carbocycles. The number of nitrogens with two attached hydrogens (primary N) is 1. The third-order valence-corrected chi connectivity index (χ3v) is 3.95. The van der Waals surface area contributed by atoms with Gasteiger partial charge < -0.3 is 20.9 Å². The number of hydrogen-bond donors (Lipinski definition) is 3. The van der Waals surface area contributed by atoms with Crippen molar-refractivity contribution in [2.45, 2.75) is 31.2 Å². The van der Waals surface area contributed by atoms with E-state index in [1.54, 1.807) is 0 Å². The minimum Gasteiger partial charge on any atom is -0.481 e. The molecule has 0 amide bonds. The van der Waals surface area contributed by atoms with Crippen LogP contribution in [0.15, 0.2) is 6.07 Å². The number of anilines is 2. The summed E-state index contributed by atoms with van der Waals surface area (Å²) in [5.41, 5.74) is 6.64. The van der Waals surface area contributed by atoms with Gasteiger partial charge in [-0.1, -0.05) is 0 Å². The molecule has 7 heteroatoms. The summed E-state index contributed by atoms with van der Waals surface area (Å²) in [6.07, 6.45) is 2.20. The lowest BCUT2D eigenvalue weighted by molar-refractivity contribution is -0.144. The number of carbonyl (C=O) groups is 1. The van der Waals surface area contributed by atoms with Crippen LogP contribution in [0, 0.1) is 5.92 Å². The van der Waals surface area contributed by atoms with Crippen LogP contribution in [0.5, 0.6) is 0 Å². The van der Waals surface area contributed by atoms with Gasteiger partial charge in [-0.25, -0.2) is 4.98 Å². The lowest BCUT2D eigenvalue weighted by Gasteiger charge is -2.33. The largest absolute Gasteiger partial charge is 0.481 e. The van der Waals surface area contributed by atoms with E-state index in [0.717, 1.165) is 18.7 Å². The summed E-state index contributed by atoms with van der Waals surface area (Å²) in [5, 5.41) is 12.1. The van der Waals surface area contributed by atoms with Crippen molar-refractivity contribution in [3.8, 4) is 0 Å². The van der Waals surface area contributed by atoms with Crippen LogP contribution in [0.3, 0.4) is 0 Å². The third kappa shape index (κ3) is 2.67. The summed E-state index contributed by atoms with van der Waals surface area (Å²) in [7, 11) is 0. The van der Waals surface area contributed by atoms with Crippen molar-refractivity contribution in [1.82, 2.24) is 9.97 Å². The molecule has 1 aromatic rings. The first-order valence-corrected chi connectivity index (χ1v) is 6.83. The monoisotopic (exact) mass is 278 g/mol. The normalized spacial score (nSPS) is 28.9. The van der Waals surface area contributed by atoms with Gasteiger partial charge in [0.25, 0.3) is 0 Å². The molecule has 2 heterocycles. The standard InChI is InChI=1S/C13H18N4O3/c14-13-16-10(7-1-2-20-6-7)5-11(17-13)15-9-3-8(4-9)12(18)19/h5,7-9H,1-4,6H2,(H,18,19)(H3,14,15,16,17). The second-order valence-corrected chi connectivity index (χ2v) is 5.44.